The van der Waals surface area contributed by atoms with Gasteiger partial charge in [-0.25, -0.2) is 4.79 Å². The smallest absolute Gasteiger partial charge is 0.317 e. The Balaban J connectivity index is 1.84. The Morgan fingerprint density at radius 3 is 2.83 bits per heavy atom. The largest absolute Gasteiger partial charge is 0.379 e. The maximum Gasteiger partial charge on any atom is 0.317 e. The lowest BCUT2D eigenvalue weighted by atomic mass is 10.2. The number of benzene rings is 1. The Morgan fingerprint density at radius 2 is 2.22 bits per heavy atom. The fourth-order valence-electron chi connectivity index (χ4n) is 1.87. The number of carbonyl (C=O) groups excluding carboxylic acids is 1. The van der Waals surface area contributed by atoms with E-state index >= 15 is 0 Å². The van der Waals surface area contributed by atoms with Gasteiger partial charge in [-0.15, -0.1) is 0 Å². The monoisotopic (exact) mass is 312 g/mol. The van der Waals surface area contributed by atoms with Crippen molar-refractivity contribution in [3.63, 3.8) is 0 Å². The van der Waals surface area contributed by atoms with Crippen molar-refractivity contribution in [1.29, 1.82) is 0 Å². The van der Waals surface area contributed by atoms with E-state index in [1.54, 1.807) is 11.9 Å². The molecule has 4 nitrogen and oxygen atoms in total. The number of hydrogen-bond donors (Lipinski definition) is 1. The molecule has 1 atom stereocenters. The third-order valence-electron chi connectivity index (χ3n) is 2.94. The van der Waals surface area contributed by atoms with Gasteiger partial charge < -0.3 is 15.0 Å². The highest BCUT2D eigenvalue weighted by Crippen LogP contribution is 2.12. The van der Waals surface area contributed by atoms with E-state index in [1.165, 1.54) is 0 Å². The minimum absolute atomic E-state index is 0.0478. The van der Waals surface area contributed by atoms with E-state index in [-0.39, 0.29) is 12.1 Å². The summed E-state index contributed by atoms with van der Waals surface area (Å²) in [5.74, 6) is 0. The summed E-state index contributed by atoms with van der Waals surface area (Å²) in [6.45, 7) is 1.96. The highest BCUT2D eigenvalue weighted by molar-refractivity contribution is 9.10. The lowest BCUT2D eigenvalue weighted by Crippen LogP contribution is -2.43. The van der Waals surface area contributed by atoms with Gasteiger partial charge in [0.2, 0.25) is 0 Å². The van der Waals surface area contributed by atoms with E-state index in [9.17, 15) is 4.79 Å². The summed E-state index contributed by atoms with van der Waals surface area (Å²) in [7, 11) is 1.80. The molecule has 1 N–H and O–H groups in total. The molecule has 1 unspecified atom stereocenters. The van der Waals surface area contributed by atoms with E-state index in [0.29, 0.717) is 13.2 Å². The normalized spacial score (nSPS) is 18.7. The van der Waals surface area contributed by atoms with Gasteiger partial charge >= 0.3 is 6.03 Å². The summed E-state index contributed by atoms with van der Waals surface area (Å²) >= 11 is 3.39. The molecule has 1 aromatic carbocycles. The number of amides is 2. The molecule has 1 heterocycles. The molecule has 98 valence electrons. The van der Waals surface area contributed by atoms with Crippen molar-refractivity contribution < 1.29 is 9.53 Å². The molecule has 0 aromatic heterocycles. The summed E-state index contributed by atoms with van der Waals surface area (Å²) in [5, 5.41) is 2.96. The average Bonchev–Trinajstić information content (AvgIpc) is 2.85. The number of rotatable bonds is 3. The Bertz CT molecular complexity index is 402. The molecule has 1 fully saturated rings. The van der Waals surface area contributed by atoms with Crippen LogP contribution in [0.3, 0.4) is 0 Å². The second-order valence-electron chi connectivity index (χ2n) is 4.49. The highest BCUT2D eigenvalue weighted by Gasteiger charge is 2.19. The molecule has 0 bridgehead atoms. The maximum absolute atomic E-state index is 11.9. The van der Waals surface area contributed by atoms with Gasteiger partial charge in [-0.2, -0.15) is 0 Å². The third-order valence-corrected chi connectivity index (χ3v) is 3.47. The molecule has 5 heteroatoms. The van der Waals surface area contributed by atoms with E-state index in [1.807, 2.05) is 24.3 Å². The number of urea groups is 1. The van der Waals surface area contributed by atoms with E-state index < -0.39 is 0 Å². The molecule has 2 rings (SSSR count). The zero-order chi connectivity index (χ0) is 13.0. The fraction of sp³-hybridized carbons (Fsp3) is 0.462. The van der Waals surface area contributed by atoms with Crippen molar-refractivity contribution in [1.82, 2.24) is 10.2 Å². The molecule has 18 heavy (non-hydrogen) atoms. The first-order valence-corrected chi connectivity index (χ1v) is 6.78. The molecular weight excluding hydrogens is 296 g/mol. The van der Waals surface area contributed by atoms with Gasteiger partial charge in [-0.3, -0.25) is 0 Å². The van der Waals surface area contributed by atoms with Gasteiger partial charge in [0.1, 0.15) is 0 Å². The zero-order valence-corrected chi connectivity index (χ0v) is 11.9. The van der Waals surface area contributed by atoms with Crippen LogP contribution in [0.15, 0.2) is 28.7 Å². The molecule has 1 aromatic rings. The van der Waals surface area contributed by atoms with E-state index in [0.717, 1.165) is 23.1 Å². The summed E-state index contributed by atoms with van der Waals surface area (Å²) < 4.78 is 6.27. The molecule has 1 aliphatic heterocycles. The van der Waals surface area contributed by atoms with Gasteiger partial charge in [0, 0.05) is 24.7 Å². The molecule has 0 radical (unpaired) electrons. The van der Waals surface area contributed by atoms with Crippen molar-refractivity contribution in [3.8, 4) is 0 Å². The summed E-state index contributed by atoms with van der Waals surface area (Å²) in [5.41, 5.74) is 1.11. The first-order valence-electron chi connectivity index (χ1n) is 5.99. The second-order valence-corrected chi connectivity index (χ2v) is 5.41. The zero-order valence-electron chi connectivity index (χ0n) is 10.4. The number of halogens is 1. The van der Waals surface area contributed by atoms with Crippen LogP contribution < -0.4 is 5.32 Å². The molecule has 2 amide bonds. The Hall–Kier alpha value is -1.07. The first kappa shape index (κ1) is 13.4. The lowest BCUT2D eigenvalue weighted by molar-refractivity contribution is 0.181. The van der Waals surface area contributed by atoms with Crippen LogP contribution in [0.4, 0.5) is 4.79 Å². The van der Waals surface area contributed by atoms with Crippen LogP contribution in [-0.4, -0.2) is 37.2 Å². The summed E-state index contributed by atoms with van der Waals surface area (Å²) in [4.78, 5) is 13.6. The van der Waals surface area contributed by atoms with Gasteiger partial charge in [0.25, 0.3) is 0 Å². The van der Waals surface area contributed by atoms with Crippen LogP contribution in [0.25, 0.3) is 0 Å². The van der Waals surface area contributed by atoms with Crippen molar-refractivity contribution in [3.05, 3.63) is 34.3 Å². The number of ether oxygens (including phenoxy) is 1. The summed E-state index contributed by atoms with van der Waals surface area (Å²) in [6, 6.07) is 8.08. The van der Waals surface area contributed by atoms with E-state index in [4.69, 9.17) is 4.74 Å². The van der Waals surface area contributed by atoms with Crippen molar-refractivity contribution in [2.24, 2.45) is 0 Å². The Kier molecular flexibility index (Phi) is 4.60. The number of nitrogens with one attached hydrogen (secondary N) is 1. The minimum Gasteiger partial charge on any atom is -0.379 e. The Labute approximate surface area is 115 Å². The van der Waals surface area contributed by atoms with Gasteiger partial charge in [-0.05, 0) is 24.1 Å². The first-order chi connectivity index (χ1) is 8.65. The molecule has 1 saturated heterocycles. The molecule has 0 spiro atoms. The lowest BCUT2D eigenvalue weighted by Gasteiger charge is -2.20. The topological polar surface area (TPSA) is 41.6 Å². The average molecular weight is 313 g/mol. The highest BCUT2D eigenvalue weighted by atomic mass is 79.9. The molecule has 0 saturated carbocycles. The van der Waals surface area contributed by atoms with Crippen LogP contribution in [-0.2, 0) is 11.3 Å². The number of hydrogen-bond acceptors (Lipinski definition) is 2. The van der Waals surface area contributed by atoms with Crippen LogP contribution in [0.5, 0.6) is 0 Å². The minimum atomic E-state index is -0.0478. The predicted octanol–water partition coefficient (Wildman–Crippen LogP) is 2.38. The van der Waals surface area contributed by atoms with Crippen LogP contribution >= 0.6 is 15.9 Å². The number of nitrogens with zero attached hydrogens (tertiary/aromatic N) is 1. The quantitative estimate of drug-likeness (QED) is 0.931. The third kappa shape index (κ3) is 3.71. The second kappa shape index (κ2) is 6.20. The number of carbonyl (C=O) groups is 1. The summed E-state index contributed by atoms with van der Waals surface area (Å²) in [6.07, 6.45) is 0.901. The van der Waals surface area contributed by atoms with Gasteiger partial charge in [0.15, 0.2) is 0 Å². The molecule has 1 aliphatic rings. The molecular formula is C13H17BrN2O2. The fourth-order valence-corrected chi connectivity index (χ4v) is 2.13. The van der Waals surface area contributed by atoms with Crippen molar-refractivity contribution in [2.75, 3.05) is 20.3 Å². The van der Waals surface area contributed by atoms with Crippen LogP contribution in [0, 0.1) is 0 Å². The van der Waals surface area contributed by atoms with Gasteiger partial charge in [0.05, 0.1) is 12.6 Å². The predicted molar refractivity (Wildman–Crippen MR) is 73.4 cm³/mol. The maximum atomic E-state index is 11.9. The van der Waals surface area contributed by atoms with Crippen molar-refractivity contribution >= 4 is 22.0 Å². The molecule has 0 aliphatic carbocycles. The SMILES string of the molecule is CN(Cc1ccc(Br)cc1)C(=O)NC1CCOC1. The van der Waals surface area contributed by atoms with Crippen LogP contribution in [0.1, 0.15) is 12.0 Å². The van der Waals surface area contributed by atoms with E-state index in [2.05, 4.69) is 21.2 Å². The standard InChI is InChI=1S/C13H17BrN2O2/c1-16(8-10-2-4-11(14)5-3-10)13(17)15-12-6-7-18-9-12/h2-5,12H,6-9H2,1H3,(H,15,17). The van der Waals surface area contributed by atoms with Gasteiger partial charge in [-0.1, -0.05) is 28.1 Å². The van der Waals surface area contributed by atoms with Crippen molar-refractivity contribution in [2.45, 2.75) is 19.0 Å². The Morgan fingerprint density at radius 1 is 1.50 bits per heavy atom. The van der Waals surface area contributed by atoms with Crippen LogP contribution in [0.2, 0.25) is 0 Å².